The molecule has 0 spiro atoms. The highest BCUT2D eigenvalue weighted by Gasteiger charge is 2.42. The number of nitrogens with zero attached hydrogens (tertiary/aromatic N) is 6. The zero-order valence-electron chi connectivity index (χ0n) is 17.6. The molecule has 4 N–H and O–H groups in total. The van der Waals surface area contributed by atoms with Crippen molar-refractivity contribution in [2.24, 2.45) is 0 Å². The molecule has 164 valence electrons. The van der Waals surface area contributed by atoms with Gasteiger partial charge in [-0.05, 0) is 32.6 Å². The van der Waals surface area contributed by atoms with Crippen molar-refractivity contribution in [3.8, 4) is 5.82 Å². The molecule has 3 aromatic rings. The third-order valence-electron chi connectivity index (χ3n) is 6.99. The van der Waals surface area contributed by atoms with Gasteiger partial charge in [-0.25, -0.2) is 4.98 Å². The van der Waals surface area contributed by atoms with Gasteiger partial charge in [0.15, 0.2) is 17.3 Å². The van der Waals surface area contributed by atoms with E-state index in [0.717, 1.165) is 60.6 Å². The van der Waals surface area contributed by atoms with E-state index in [9.17, 15) is 5.11 Å². The Morgan fingerprint density at radius 2 is 2.06 bits per heavy atom. The highest BCUT2D eigenvalue weighted by molar-refractivity contribution is 6.00. The molecule has 0 aromatic carbocycles. The number of fused-ring (bicyclic) bond motifs is 3. The highest BCUT2D eigenvalue weighted by Crippen LogP contribution is 2.44. The minimum absolute atomic E-state index is 0.227. The SMILES string of the molecule is CC1COCCN1c1cc(N2C3CCC2CC(O)C3)c2c(N)nn(-c3ccn[nH]3)c2n1. The largest absolute Gasteiger partial charge is 0.393 e. The van der Waals surface area contributed by atoms with Crippen molar-refractivity contribution in [1.29, 1.82) is 0 Å². The van der Waals surface area contributed by atoms with Crippen LogP contribution in [0.3, 0.4) is 0 Å². The molecule has 6 heterocycles. The quantitative estimate of drug-likeness (QED) is 0.578. The molecule has 3 saturated heterocycles. The molecule has 3 unspecified atom stereocenters. The van der Waals surface area contributed by atoms with E-state index in [1.807, 2.05) is 6.07 Å². The van der Waals surface area contributed by atoms with E-state index in [2.05, 4.69) is 38.1 Å². The second-order valence-electron chi connectivity index (χ2n) is 8.97. The van der Waals surface area contributed by atoms with Crippen LogP contribution < -0.4 is 15.5 Å². The minimum atomic E-state index is -0.227. The van der Waals surface area contributed by atoms with Gasteiger partial charge in [-0.2, -0.15) is 9.78 Å². The lowest BCUT2D eigenvalue weighted by Crippen LogP contribution is -2.46. The van der Waals surface area contributed by atoms with Crippen molar-refractivity contribution in [1.82, 2.24) is 25.0 Å². The lowest BCUT2D eigenvalue weighted by Gasteiger charge is -2.40. The molecule has 6 rings (SSSR count). The van der Waals surface area contributed by atoms with E-state index >= 15 is 0 Å². The van der Waals surface area contributed by atoms with Gasteiger partial charge in [-0.15, -0.1) is 5.10 Å². The van der Waals surface area contributed by atoms with Crippen LogP contribution in [-0.2, 0) is 4.74 Å². The van der Waals surface area contributed by atoms with Gasteiger partial charge in [0.25, 0.3) is 0 Å². The van der Waals surface area contributed by atoms with Crippen LogP contribution in [0.1, 0.15) is 32.6 Å². The van der Waals surface area contributed by atoms with Gasteiger partial charge in [0.2, 0.25) is 0 Å². The van der Waals surface area contributed by atoms with Crippen LogP contribution in [0, 0.1) is 0 Å². The average Bonchev–Trinajstić information content (AvgIpc) is 3.46. The number of hydrogen-bond acceptors (Lipinski definition) is 8. The summed E-state index contributed by atoms with van der Waals surface area (Å²) in [6.45, 7) is 4.31. The number of pyridine rings is 1. The molecule has 3 fully saturated rings. The van der Waals surface area contributed by atoms with Gasteiger partial charge in [0, 0.05) is 30.8 Å². The van der Waals surface area contributed by atoms with Gasteiger partial charge >= 0.3 is 0 Å². The Bertz CT molecular complexity index is 1080. The van der Waals surface area contributed by atoms with Gasteiger partial charge in [0.1, 0.15) is 5.82 Å². The number of nitrogens with one attached hydrogen (secondary N) is 1. The summed E-state index contributed by atoms with van der Waals surface area (Å²) < 4.78 is 7.40. The number of aliphatic hydroxyl groups is 1. The topological polar surface area (TPSA) is 121 Å². The Morgan fingerprint density at radius 1 is 1.26 bits per heavy atom. The highest BCUT2D eigenvalue weighted by atomic mass is 16.5. The van der Waals surface area contributed by atoms with Crippen LogP contribution in [0.25, 0.3) is 16.9 Å². The summed E-state index contributed by atoms with van der Waals surface area (Å²) in [6.07, 6.45) is 5.22. The van der Waals surface area contributed by atoms with E-state index in [-0.39, 0.29) is 12.1 Å². The molecular weight excluding hydrogens is 396 g/mol. The summed E-state index contributed by atoms with van der Waals surface area (Å²) in [6, 6.07) is 4.88. The van der Waals surface area contributed by atoms with E-state index < -0.39 is 0 Å². The number of aliphatic hydroxyl groups excluding tert-OH is 1. The number of nitrogens with two attached hydrogens (primary N) is 1. The van der Waals surface area contributed by atoms with Gasteiger partial charge in [0.05, 0.1) is 42.6 Å². The van der Waals surface area contributed by atoms with Crippen molar-refractivity contribution >= 4 is 28.4 Å². The predicted octanol–water partition coefficient (Wildman–Crippen LogP) is 1.44. The van der Waals surface area contributed by atoms with Crippen LogP contribution in [0.4, 0.5) is 17.3 Å². The maximum Gasteiger partial charge on any atom is 0.171 e. The number of piperidine rings is 1. The maximum atomic E-state index is 10.3. The number of aromatic nitrogens is 5. The lowest BCUT2D eigenvalue weighted by atomic mass is 9.98. The molecule has 0 aliphatic carbocycles. The Hall–Kier alpha value is -2.85. The summed E-state index contributed by atoms with van der Waals surface area (Å²) in [4.78, 5) is 9.81. The first-order chi connectivity index (χ1) is 15.1. The third-order valence-corrected chi connectivity index (χ3v) is 6.99. The predicted molar refractivity (Wildman–Crippen MR) is 118 cm³/mol. The van der Waals surface area contributed by atoms with Gasteiger partial charge < -0.3 is 25.4 Å². The van der Waals surface area contributed by atoms with Crippen molar-refractivity contribution in [2.45, 2.75) is 56.8 Å². The average molecular weight is 425 g/mol. The monoisotopic (exact) mass is 424 g/mol. The molecule has 3 aliphatic rings. The van der Waals surface area contributed by atoms with Crippen LogP contribution >= 0.6 is 0 Å². The second kappa shape index (κ2) is 7.10. The van der Waals surface area contributed by atoms with E-state index in [4.69, 9.17) is 15.5 Å². The molecule has 0 radical (unpaired) electrons. The maximum absolute atomic E-state index is 10.3. The van der Waals surface area contributed by atoms with E-state index in [1.54, 1.807) is 10.9 Å². The van der Waals surface area contributed by atoms with Crippen LogP contribution in [0.5, 0.6) is 0 Å². The number of nitrogen functional groups attached to an aromatic ring is 1. The Kier molecular flexibility index (Phi) is 4.32. The molecule has 10 heteroatoms. The first kappa shape index (κ1) is 18.9. The standard InChI is InChI=1S/C21H28N8O2/c1-12-11-31-7-6-27(12)18-10-16(28-13-2-3-14(28)9-15(30)8-13)19-20(22)26-29(21(19)24-18)17-4-5-23-25-17/h4-5,10,12-15,30H,2-3,6-9,11H2,1H3,(H2,22,26)(H,23,25). The molecule has 2 bridgehead atoms. The Morgan fingerprint density at radius 3 is 2.77 bits per heavy atom. The van der Waals surface area contributed by atoms with Crippen molar-refractivity contribution in [3.63, 3.8) is 0 Å². The Balaban J connectivity index is 1.56. The van der Waals surface area contributed by atoms with Crippen molar-refractivity contribution in [2.75, 3.05) is 35.3 Å². The normalized spacial score (nSPS) is 28.6. The molecule has 3 atom stereocenters. The summed E-state index contributed by atoms with van der Waals surface area (Å²) in [5.74, 6) is 2.09. The van der Waals surface area contributed by atoms with E-state index in [1.165, 1.54) is 0 Å². The number of morpholine rings is 1. The first-order valence-electron chi connectivity index (χ1n) is 11.1. The number of aromatic amines is 1. The smallest absolute Gasteiger partial charge is 0.171 e. The summed E-state index contributed by atoms with van der Waals surface area (Å²) in [5, 5.41) is 22.9. The molecule has 3 aliphatic heterocycles. The second-order valence-corrected chi connectivity index (χ2v) is 8.97. The lowest BCUT2D eigenvalue weighted by molar-refractivity contribution is 0.0985. The summed E-state index contributed by atoms with van der Waals surface area (Å²) in [7, 11) is 0. The zero-order chi connectivity index (χ0) is 21.1. The minimum Gasteiger partial charge on any atom is -0.393 e. The van der Waals surface area contributed by atoms with E-state index in [0.29, 0.717) is 31.1 Å². The number of rotatable bonds is 3. The molecule has 0 amide bonds. The summed E-state index contributed by atoms with van der Waals surface area (Å²) >= 11 is 0. The fourth-order valence-electron chi connectivity index (χ4n) is 5.60. The van der Waals surface area contributed by atoms with Crippen LogP contribution in [0.15, 0.2) is 18.3 Å². The number of H-pyrrole nitrogens is 1. The number of hydrogen-bond donors (Lipinski definition) is 3. The third kappa shape index (κ3) is 2.96. The van der Waals surface area contributed by atoms with Crippen LogP contribution in [0.2, 0.25) is 0 Å². The Labute approximate surface area is 180 Å². The molecule has 31 heavy (non-hydrogen) atoms. The molecule has 10 nitrogen and oxygen atoms in total. The van der Waals surface area contributed by atoms with Crippen molar-refractivity contribution in [3.05, 3.63) is 18.3 Å². The zero-order valence-corrected chi connectivity index (χ0v) is 17.6. The van der Waals surface area contributed by atoms with Gasteiger partial charge in [-0.3, -0.25) is 5.10 Å². The van der Waals surface area contributed by atoms with Crippen molar-refractivity contribution < 1.29 is 9.84 Å². The van der Waals surface area contributed by atoms with Crippen LogP contribution in [-0.4, -0.2) is 74.1 Å². The first-order valence-corrected chi connectivity index (χ1v) is 11.1. The fourth-order valence-corrected chi connectivity index (χ4v) is 5.60. The molecule has 0 saturated carbocycles. The number of anilines is 3. The van der Waals surface area contributed by atoms with Gasteiger partial charge in [-0.1, -0.05) is 0 Å². The fraction of sp³-hybridized carbons (Fsp3) is 0.571. The molecule has 3 aromatic heterocycles. The summed E-state index contributed by atoms with van der Waals surface area (Å²) in [5.41, 5.74) is 8.26. The molecular formula is C21H28N8O2. The number of ether oxygens (including phenoxy) is 1.